The highest BCUT2D eigenvalue weighted by Gasteiger charge is 2.41. The van der Waals surface area contributed by atoms with E-state index in [1.807, 2.05) is 0 Å². The van der Waals surface area contributed by atoms with Gasteiger partial charge in [-0.1, -0.05) is 27.2 Å². The molecular formula is C18H36N2. The summed E-state index contributed by atoms with van der Waals surface area (Å²) in [5, 5.41) is 3.60. The van der Waals surface area contributed by atoms with Gasteiger partial charge in [-0.15, -0.1) is 0 Å². The molecule has 0 amide bonds. The van der Waals surface area contributed by atoms with Gasteiger partial charge in [-0.3, -0.25) is 4.90 Å². The molecule has 0 radical (unpaired) electrons. The highest BCUT2D eigenvalue weighted by molar-refractivity contribution is 4.96. The van der Waals surface area contributed by atoms with Gasteiger partial charge in [0.1, 0.15) is 0 Å². The second-order valence-electron chi connectivity index (χ2n) is 8.06. The highest BCUT2D eigenvalue weighted by atomic mass is 15.2. The minimum atomic E-state index is 0.501. The minimum absolute atomic E-state index is 0.501. The summed E-state index contributed by atoms with van der Waals surface area (Å²) in [5.74, 6) is 1.85. The van der Waals surface area contributed by atoms with Gasteiger partial charge in [-0.05, 0) is 70.4 Å². The molecule has 0 heterocycles. The Kier molecular flexibility index (Phi) is 5.18. The van der Waals surface area contributed by atoms with Crippen LogP contribution in [0, 0.1) is 17.3 Å². The largest absolute Gasteiger partial charge is 0.315 e. The fourth-order valence-corrected chi connectivity index (χ4v) is 4.15. The van der Waals surface area contributed by atoms with E-state index >= 15 is 0 Å². The molecule has 2 heteroatoms. The van der Waals surface area contributed by atoms with Crippen molar-refractivity contribution in [3.8, 4) is 0 Å². The van der Waals surface area contributed by atoms with Gasteiger partial charge in [0.15, 0.2) is 0 Å². The zero-order valence-electron chi connectivity index (χ0n) is 14.6. The predicted octanol–water partition coefficient (Wildman–Crippen LogP) is 3.91. The summed E-state index contributed by atoms with van der Waals surface area (Å²) in [5.41, 5.74) is 0.501. The number of rotatable bonds is 6. The summed E-state index contributed by atoms with van der Waals surface area (Å²) in [7, 11) is 4.53. The van der Waals surface area contributed by atoms with Crippen LogP contribution < -0.4 is 5.32 Å². The smallest absolute Gasteiger partial charge is 0.0251 e. The lowest BCUT2D eigenvalue weighted by Crippen LogP contribution is -2.55. The Labute approximate surface area is 126 Å². The van der Waals surface area contributed by atoms with Crippen molar-refractivity contribution in [1.29, 1.82) is 0 Å². The van der Waals surface area contributed by atoms with Crippen LogP contribution in [0.15, 0.2) is 0 Å². The molecule has 1 N–H and O–H groups in total. The van der Waals surface area contributed by atoms with Crippen molar-refractivity contribution < 1.29 is 0 Å². The molecule has 0 aliphatic heterocycles. The zero-order chi connectivity index (χ0) is 14.9. The third-order valence-electron chi connectivity index (χ3n) is 6.67. The predicted molar refractivity (Wildman–Crippen MR) is 88.0 cm³/mol. The van der Waals surface area contributed by atoms with Gasteiger partial charge in [-0.25, -0.2) is 0 Å². The van der Waals surface area contributed by atoms with E-state index in [9.17, 15) is 0 Å². The van der Waals surface area contributed by atoms with Crippen LogP contribution in [0.1, 0.15) is 66.2 Å². The number of nitrogens with zero attached hydrogens (tertiary/aromatic N) is 1. The summed E-state index contributed by atoms with van der Waals surface area (Å²) in [6.07, 6.45) is 8.32. The summed E-state index contributed by atoms with van der Waals surface area (Å²) < 4.78 is 0. The van der Waals surface area contributed by atoms with E-state index in [0.717, 1.165) is 23.9 Å². The van der Waals surface area contributed by atoms with E-state index in [1.165, 1.54) is 38.5 Å². The van der Waals surface area contributed by atoms with Crippen molar-refractivity contribution in [3.63, 3.8) is 0 Å². The SMILES string of the molecule is CCC(C)(C)C1CCC(NC)C(N(C)C(C)C2CC2)C1. The van der Waals surface area contributed by atoms with Crippen LogP contribution in [-0.2, 0) is 0 Å². The van der Waals surface area contributed by atoms with E-state index in [2.05, 4.69) is 52.0 Å². The van der Waals surface area contributed by atoms with Gasteiger partial charge in [0, 0.05) is 18.1 Å². The third kappa shape index (κ3) is 3.39. The van der Waals surface area contributed by atoms with Gasteiger partial charge in [0.05, 0.1) is 0 Å². The Morgan fingerprint density at radius 2 is 1.85 bits per heavy atom. The van der Waals surface area contributed by atoms with Crippen LogP contribution in [-0.4, -0.2) is 37.1 Å². The molecular weight excluding hydrogens is 244 g/mol. The normalized spacial score (nSPS) is 33.5. The fourth-order valence-electron chi connectivity index (χ4n) is 4.15. The maximum Gasteiger partial charge on any atom is 0.0251 e. The van der Waals surface area contributed by atoms with Crippen LogP contribution in [0.25, 0.3) is 0 Å². The third-order valence-corrected chi connectivity index (χ3v) is 6.67. The van der Waals surface area contributed by atoms with Crippen molar-refractivity contribution in [2.75, 3.05) is 14.1 Å². The molecule has 0 aromatic carbocycles. The standard InChI is InChI=1S/C18H36N2/c1-7-18(3,4)15-10-11-16(19-5)17(12-15)20(6)13(2)14-8-9-14/h13-17,19H,7-12H2,1-6H3. The van der Waals surface area contributed by atoms with Crippen LogP contribution in [0.3, 0.4) is 0 Å². The van der Waals surface area contributed by atoms with E-state index in [4.69, 9.17) is 0 Å². The van der Waals surface area contributed by atoms with Crippen LogP contribution >= 0.6 is 0 Å². The van der Waals surface area contributed by atoms with Crippen molar-refractivity contribution in [2.45, 2.75) is 84.3 Å². The molecule has 2 aliphatic rings. The molecule has 4 atom stereocenters. The molecule has 2 fully saturated rings. The van der Waals surface area contributed by atoms with Gasteiger partial charge in [0.2, 0.25) is 0 Å². The van der Waals surface area contributed by atoms with Crippen molar-refractivity contribution in [1.82, 2.24) is 10.2 Å². The van der Waals surface area contributed by atoms with Gasteiger partial charge >= 0.3 is 0 Å². The quantitative estimate of drug-likeness (QED) is 0.793. The number of likely N-dealkylation sites (N-methyl/N-ethyl adjacent to an activating group) is 2. The monoisotopic (exact) mass is 280 g/mol. The van der Waals surface area contributed by atoms with Crippen molar-refractivity contribution in [2.24, 2.45) is 17.3 Å². The second-order valence-corrected chi connectivity index (χ2v) is 8.06. The lowest BCUT2D eigenvalue weighted by molar-refractivity contribution is 0.0430. The minimum Gasteiger partial charge on any atom is -0.315 e. The van der Waals surface area contributed by atoms with Crippen LogP contribution in [0.2, 0.25) is 0 Å². The summed E-state index contributed by atoms with van der Waals surface area (Å²) in [6.45, 7) is 9.74. The molecule has 0 bridgehead atoms. The Bertz CT molecular complexity index is 309. The van der Waals surface area contributed by atoms with Gasteiger partial charge < -0.3 is 5.32 Å². The van der Waals surface area contributed by atoms with Crippen LogP contribution in [0.5, 0.6) is 0 Å². The Morgan fingerprint density at radius 3 is 2.35 bits per heavy atom. The molecule has 0 spiro atoms. The molecule has 118 valence electrons. The van der Waals surface area contributed by atoms with E-state index in [1.54, 1.807) is 0 Å². The second kappa shape index (κ2) is 6.36. The van der Waals surface area contributed by atoms with Crippen LogP contribution in [0.4, 0.5) is 0 Å². The summed E-state index contributed by atoms with van der Waals surface area (Å²) in [4.78, 5) is 2.71. The Hall–Kier alpha value is -0.0800. The average Bonchev–Trinajstić information content (AvgIpc) is 3.29. The number of hydrogen-bond donors (Lipinski definition) is 1. The lowest BCUT2D eigenvalue weighted by atomic mass is 9.67. The van der Waals surface area contributed by atoms with Crippen molar-refractivity contribution in [3.05, 3.63) is 0 Å². The van der Waals surface area contributed by atoms with E-state index < -0.39 is 0 Å². The molecule has 0 saturated heterocycles. The first-order valence-electron chi connectivity index (χ1n) is 8.80. The lowest BCUT2D eigenvalue weighted by Gasteiger charge is -2.47. The Morgan fingerprint density at radius 1 is 1.20 bits per heavy atom. The van der Waals surface area contributed by atoms with Crippen molar-refractivity contribution >= 4 is 0 Å². The number of nitrogens with one attached hydrogen (secondary N) is 1. The van der Waals surface area contributed by atoms with E-state index in [0.29, 0.717) is 11.5 Å². The first-order valence-corrected chi connectivity index (χ1v) is 8.80. The number of hydrogen-bond acceptors (Lipinski definition) is 2. The first kappa shape index (κ1) is 16.3. The maximum absolute atomic E-state index is 3.60. The molecule has 2 nitrogen and oxygen atoms in total. The summed E-state index contributed by atoms with van der Waals surface area (Å²) >= 11 is 0. The molecule has 2 rings (SSSR count). The molecule has 0 aromatic heterocycles. The average molecular weight is 281 g/mol. The maximum atomic E-state index is 3.60. The topological polar surface area (TPSA) is 15.3 Å². The molecule has 4 unspecified atom stereocenters. The molecule has 2 aliphatic carbocycles. The van der Waals surface area contributed by atoms with Gasteiger partial charge in [-0.2, -0.15) is 0 Å². The summed E-state index contributed by atoms with van der Waals surface area (Å²) in [6, 6.07) is 2.17. The van der Waals surface area contributed by atoms with Gasteiger partial charge in [0.25, 0.3) is 0 Å². The fraction of sp³-hybridized carbons (Fsp3) is 1.00. The molecule has 20 heavy (non-hydrogen) atoms. The molecule has 2 saturated carbocycles. The zero-order valence-corrected chi connectivity index (χ0v) is 14.6. The van der Waals surface area contributed by atoms with E-state index in [-0.39, 0.29) is 0 Å². The Balaban J connectivity index is 2.05. The highest BCUT2D eigenvalue weighted by Crippen LogP contribution is 2.43. The first-order chi connectivity index (χ1) is 9.40. The molecule has 0 aromatic rings.